The fourth-order valence-corrected chi connectivity index (χ4v) is 1.90. The number of aliphatic hydroxyl groups is 1. The lowest BCUT2D eigenvalue weighted by atomic mass is 9.83. The monoisotopic (exact) mass is 240 g/mol. The summed E-state index contributed by atoms with van der Waals surface area (Å²) in [6.07, 6.45) is 3.71. The third kappa shape index (κ3) is 3.51. The normalized spacial score (nSPS) is 12.0. The first-order valence-corrected chi connectivity index (χ1v) is 6.39. The molecule has 98 valence electrons. The second kappa shape index (κ2) is 6.71. The van der Waals surface area contributed by atoms with Crippen molar-refractivity contribution in [2.45, 2.75) is 46.7 Å². The number of rotatable bonds is 8. The van der Waals surface area contributed by atoms with E-state index in [0.717, 1.165) is 31.8 Å². The number of nitrogens with one attached hydrogen (secondary N) is 1. The molecule has 5 nitrogen and oxygen atoms in total. The predicted octanol–water partition coefficient (Wildman–Crippen LogP) is 1.19. The van der Waals surface area contributed by atoms with Crippen molar-refractivity contribution in [1.29, 1.82) is 0 Å². The van der Waals surface area contributed by atoms with Crippen LogP contribution in [0.1, 0.15) is 39.4 Å². The molecule has 0 radical (unpaired) electrons. The minimum Gasteiger partial charge on any atom is -0.396 e. The number of hydrogen-bond acceptors (Lipinski definition) is 4. The van der Waals surface area contributed by atoms with Crippen molar-refractivity contribution in [1.82, 2.24) is 20.1 Å². The van der Waals surface area contributed by atoms with Gasteiger partial charge in [0.2, 0.25) is 0 Å². The van der Waals surface area contributed by atoms with Crippen LogP contribution in [0.5, 0.6) is 0 Å². The van der Waals surface area contributed by atoms with Crippen LogP contribution in [0.4, 0.5) is 0 Å². The van der Waals surface area contributed by atoms with Crippen molar-refractivity contribution >= 4 is 0 Å². The summed E-state index contributed by atoms with van der Waals surface area (Å²) in [6, 6.07) is 0. The van der Waals surface area contributed by atoms with Crippen molar-refractivity contribution in [2.24, 2.45) is 5.41 Å². The highest BCUT2D eigenvalue weighted by atomic mass is 16.3. The lowest BCUT2D eigenvalue weighted by molar-refractivity contribution is 0.112. The van der Waals surface area contributed by atoms with Crippen LogP contribution in [0.25, 0.3) is 0 Å². The van der Waals surface area contributed by atoms with Crippen molar-refractivity contribution in [2.75, 3.05) is 13.2 Å². The molecule has 0 saturated heterocycles. The van der Waals surface area contributed by atoms with Crippen LogP contribution in [-0.4, -0.2) is 33.0 Å². The lowest BCUT2D eigenvalue weighted by Gasteiger charge is -2.29. The zero-order valence-corrected chi connectivity index (χ0v) is 11.1. The Bertz CT molecular complexity index is 312. The Morgan fingerprint density at radius 3 is 2.59 bits per heavy atom. The van der Waals surface area contributed by atoms with Crippen LogP contribution in [0.3, 0.4) is 0 Å². The maximum Gasteiger partial charge on any atom is 0.146 e. The van der Waals surface area contributed by atoms with Gasteiger partial charge in [-0.2, -0.15) is 0 Å². The van der Waals surface area contributed by atoms with E-state index in [9.17, 15) is 5.11 Å². The molecule has 0 unspecified atom stereocenters. The van der Waals surface area contributed by atoms with Gasteiger partial charge in [0.15, 0.2) is 0 Å². The average molecular weight is 240 g/mol. The second-order valence-corrected chi connectivity index (χ2v) is 4.50. The molecule has 0 amide bonds. The average Bonchev–Trinajstić information content (AvgIpc) is 2.83. The number of aryl methyl sites for hydroxylation is 1. The van der Waals surface area contributed by atoms with Crippen molar-refractivity contribution in [3.8, 4) is 0 Å². The highest BCUT2D eigenvalue weighted by molar-refractivity contribution is 4.86. The topological polar surface area (TPSA) is 63.0 Å². The Labute approximate surface area is 103 Å². The van der Waals surface area contributed by atoms with Crippen LogP contribution in [0.15, 0.2) is 6.33 Å². The molecule has 2 N–H and O–H groups in total. The van der Waals surface area contributed by atoms with E-state index in [2.05, 4.69) is 36.3 Å². The van der Waals surface area contributed by atoms with Crippen LogP contribution in [0, 0.1) is 5.41 Å². The summed E-state index contributed by atoms with van der Waals surface area (Å²) >= 11 is 0. The van der Waals surface area contributed by atoms with Gasteiger partial charge in [0.1, 0.15) is 12.2 Å². The summed E-state index contributed by atoms with van der Waals surface area (Å²) < 4.78 is 2.02. The number of aliphatic hydroxyl groups excluding tert-OH is 1. The SMILES string of the molecule is CCn1cnnc1CNCC(CC)(CC)CO. The van der Waals surface area contributed by atoms with Gasteiger partial charge in [-0.25, -0.2) is 0 Å². The summed E-state index contributed by atoms with van der Waals surface area (Å²) in [7, 11) is 0. The standard InChI is InChI=1S/C12H24N4O/c1-4-12(5-2,9-17)8-13-7-11-15-14-10-16(11)6-3/h10,13,17H,4-9H2,1-3H3. The van der Waals surface area contributed by atoms with Gasteiger partial charge in [0.25, 0.3) is 0 Å². The molecule has 0 atom stereocenters. The molecule has 0 aliphatic heterocycles. The zero-order valence-electron chi connectivity index (χ0n) is 11.1. The molecule has 0 aromatic carbocycles. The Morgan fingerprint density at radius 2 is 2.06 bits per heavy atom. The molecule has 0 spiro atoms. The first kappa shape index (κ1) is 14.1. The molecule has 1 heterocycles. The Hall–Kier alpha value is -0.940. The van der Waals surface area contributed by atoms with E-state index < -0.39 is 0 Å². The molecule has 0 saturated carbocycles. The summed E-state index contributed by atoms with van der Waals surface area (Å²) in [4.78, 5) is 0. The number of hydrogen-bond donors (Lipinski definition) is 2. The maximum atomic E-state index is 9.46. The van der Waals surface area contributed by atoms with Crippen molar-refractivity contribution in [3.05, 3.63) is 12.2 Å². The molecule has 17 heavy (non-hydrogen) atoms. The van der Waals surface area contributed by atoms with Gasteiger partial charge in [-0.1, -0.05) is 13.8 Å². The summed E-state index contributed by atoms with van der Waals surface area (Å²) in [5.41, 5.74) is -0.00291. The molecule has 1 rings (SSSR count). The molecule has 0 fully saturated rings. The molecule has 0 aliphatic carbocycles. The third-order valence-electron chi connectivity index (χ3n) is 3.65. The van der Waals surface area contributed by atoms with Crippen LogP contribution >= 0.6 is 0 Å². The van der Waals surface area contributed by atoms with E-state index in [1.807, 2.05) is 4.57 Å². The first-order chi connectivity index (χ1) is 8.21. The van der Waals surface area contributed by atoms with E-state index in [1.54, 1.807) is 6.33 Å². The van der Waals surface area contributed by atoms with Crippen molar-refractivity contribution < 1.29 is 5.11 Å². The number of aromatic nitrogens is 3. The molecule has 0 aliphatic rings. The molecular formula is C12H24N4O. The first-order valence-electron chi connectivity index (χ1n) is 6.39. The van der Waals surface area contributed by atoms with Crippen LogP contribution < -0.4 is 5.32 Å². The van der Waals surface area contributed by atoms with E-state index in [1.165, 1.54) is 0 Å². The van der Waals surface area contributed by atoms with E-state index in [4.69, 9.17) is 0 Å². The fraction of sp³-hybridized carbons (Fsp3) is 0.833. The van der Waals surface area contributed by atoms with E-state index in [0.29, 0.717) is 6.54 Å². The molecule has 1 aromatic heterocycles. The highest BCUT2D eigenvalue weighted by Gasteiger charge is 2.24. The minimum atomic E-state index is -0.00291. The van der Waals surface area contributed by atoms with Gasteiger partial charge in [-0.05, 0) is 19.8 Å². The fourth-order valence-electron chi connectivity index (χ4n) is 1.90. The molecule has 5 heteroatoms. The van der Waals surface area contributed by atoms with Gasteiger partial charge in [0.05, 0.1) is 6.54 Å². The van der Waals surface area contributed by atoms with E-state index in [-0.39, 0.29) is 12.0 Å². The zero-order chi connectivity index (χ0) is 12.7. The van der Waals surface area contributed by atoms with Gasteiger partial charge in [0, 0.05) is 25.1 Å². The van der Waals surface area contributed by atoms with E-state index >= 15 is 0 Å². The highest BCUT2D eigenvalue weighted by Crippen LogP contribution is 2.24. The Morgan fingerprint density at radius 1 is 1.35 bits per heavy atom. The van der Waals surface area contributed by atoms with Gasteiger partial charge in [-0.15, -0.1) is 10.2 Å². The number of nitrogens with zero attached hydrogens (tertiary/aromatic N) is 3. The third-order valence-corrected chi connectivity index (χ3v) is 3.65. The molecule has 1 aromatic rings. The second-order valence-electron chi connectivity index (χ2n) is 4.50. The molecule has 0 bridgehead atoms. The largest absolute Gasteiger partial charge is 0.396 e. The summed E-state index contributed by atoms with van der Waals surface area (Å²) in [5, 5.41) is 20.8. The smallest absolute Gasteiger partial charge is 0.146 e. The van der Waals surface area contributed by atoms with Gasteiger partial charge >= 0.3 is 0 Å². The minimum absolute atomic E-state index is 0.00291. The van der Waals surface area contributed by atoms with Gasteiger partial charge in [-0.3, -0.25) is 0 Å². The Balaban J connectivity index is 2.46. The lowest BCUT2D eigenvalue weighted by Crippen LogP contribution is -2.36. The maximum absolute atomic E-state index is 9.46. The summed E-state index contributed by atoms with van der Waals surface area (Å²) in [5.74, 6) is 0.951. The molecular weight excluding hydrogens is 216 g/mol. The summed E-state index contributed by atoms with van der Waals surface area (Å²) in [6.45, 7) is 8.95. The van der Waals surface area contributed by atoms with Gasteiger partial charge < -0.3 is 15.0 Å². The predicted molar refractivity (Wildman–Crippen MR) is 67.5 cm³/mol. The van der Waals surface area contributed by atoms with Crippen molar-refractivity contribution in [3.63, 3.8) is 0 Å². The Kier molecular flexibility index (Phi) is 5.58. The quantitative estimate of drug-likeness (QED) is 0.716. The van der Waals surface area contributed by atoms with Crippen LogP contribution in [-0.2, 0) is 13.1 Å². The van der Waals surface area contributed by atoms with Crippen LogP contribution in [0.2, 0.25) is 0 Å².